The SMILES string of the molecule is CNC(C)CC(C)(C)c1nccnc1OC. The Morgan fingerprint density at radius 1 is 1.38 bits per heavy atom. The Morgan fingerprint density at radius 2 is 2.00 bits per heavy atom. The molecule has 0 spiro atoms. The summed E-state index contributed by atoms with van der Waals surface area (Å²) >= 11 is 0. The molecule has 4 nitrogen and oxygen atoms in total. The Labute approximate surface area is 97.5 Å². The summed E-state index contributed by atoms with van der Waals surface area (Å²) in [5.74, 6) is 0.621. The van der Waals surface area contributed by atoms with Crippen molar-refractivity contribution in [3.05, 3.63) is 18.1 Å². The van der Waals surface area contributed by atoms with Crippen LogP contribution in [0, 0.1) is 0 Å². The highest BCUT2D eigenvalue weighted by molar-refractivity contribution is 5.25. The van der Waals surface area contributed by atoms with E-state index in [9.17, 15) is 0 Å². The van der Waals surface area contributed by atoms with E-state index in [2.05, 4.69) is 36.1 Å². The van der Waals surface area contributed by atoms with E-state index in [1.807, 2.05) is 7.05 Å². The molecular formula is C12H21N3O. The van der Waals surface area contributed by atoms with E-state index in [-0.39, 0.29) is 5.41 Å². The predicted octanol–water partition coefficient (Wildman–Crippen LogP) is 1.76. The van der Waals surface area contributed by atoms with E-state index >= 15 is 0 Å². The molecule has 1 atom stereocenters. The number of hydrogen-bond donors (Lipinski definition) is 1. The van der Waals surface area contributed by atoms with Gasteiger partial charge in [0.2, 0.25) is 5.88 Å². The van der Waals surface area contributed by atoms with Crippen LogP contribution < -0.4 is 10.1 Å². The predicted molar refractivity (Wildman–Crippen MR) is 64.7 cm³/mol. The molecule has 1 heterocycles. The Bertz CT molecular complexity index is 339. The third-order valence-corrected chi connectivity index (χ3v) is 2.81. The van der Waals surface area contributed by atoms with Crippen molar-refractivity contribution in [1.29, 1.82) is 0 Å². The maximum atomic E-state index is 5.25. The lowest BCUT2D eigenvalue weighted by atomic mass is 9.83. The van der Waals surface area contributed by atoms with Gasteiger partial charge in [0, 0.05) is 23.9 Å². The Morgan fingerprint density at radius 3 is 2.56 bits per heavy atom. The van der Waals surface area contributed by atoms with E-state index < -0.39 is 0 Å². The van der Waals surface area contributed by atoms with Crippen LogP contribution in [0.5, 0.6) is 5.88 Å². The Hall–Kier alpha value is -1.16. The van der Waals surface area contributed by atoms with Gasteiger partial charge in [0.15, 0.2) is 0 Å². The van der Waals surface area contributed by atoms with Crippen molar-refractivity contribution in [2.75, 3.05) is 14.2 Å². The van der Waals surface area contributed by atoms with Crippen molar-refractivity contribution >= 4 is 0 Å². The normalized spacial score (nSPS) is 13.6. The molecule has 0 bridgehead atoms. The molecule has 90 valence electrons. The zero-order chi connectivity index (χ0) is 12.2. The van der Waals surface area contributed by atoms with Gasteiger partial charge in [-0.1, -0.05) is 13.8 Å². The quantitative estimate of drug-likeness (QED) is 0.826. The maximum Gasteiger partial charge on any atom is 0.235 e. The highest BCUT2D eigenvalue weighted by Crippen LogP contribution is 2.31. The average molecular weight is 223 g/mol. The summed E-state index contributed by atoms with van der Waals surface area (Å²) in [7, 11) is 3.60. The maximum absolute atomic E-state index is 5.25. The minimum absolute atomic E-state index is 0.0535. The Balaban J connectivity index is 2.96. The molecule has 1 aromatic heterocycles. The van der Waals surface area contributed by atoms with Crippen LogP contribution >= 0.6 is 0 Å². The lowest BCUT2D eigenvalue weighted by Gasteiger charge is -2.28. The van der Waals surface area contributed by atoms with Gasteiger partial charge in [0.25, 0.3) is 0 Å². The Kier molecular flexibility index (Phi) is 4.24. The summed E-state index contributed by atoms with van der Waals surface area (Å²) in [6.07, 6.45) is 4.35. The minimum Gasteiger partial charge on any atom is -0.480 e. The van der Waals surface area contributed by atoms with Crippen molar-refractivity contribution in [2.45, 2.75) is 38.6 Å². The number of nitrogens with one attached hydrogen (secondary N) is 1. The largest absolute Gasteiger partial charge is 0.480 e. The zero-order valence-corrected chi connectivity index (χ0v) is 10.7. The number of methoxy groups -OCH3 is 1. The van der Waals surface area contributed by atoms with Gasteiger partial charge in [-0.15, -0.1) is 0 Å². The second kappa shape index (κ2) is 5.25. The van der Waals surface area contributed by atoms with Crippen LogP contribution in [0.4, 0.5) is 0 Å². The molecule has 0 radical (unpaired) electrons. The summed E-state index contributed by atoms with van der Waals surface area (Å²) in [5.41, 5.74) is 0.863. The molecule has 1 unspecified atom stereocenters. The topological polar surface area (TPSA) is 47.0 Å². The number of aromatic nitrogens is 2. The summed E-state index contributed by atoms with van der Waals surface area (Å²) in [6, 6.07) is 0.432. The van der Waals surface area contributed by atoms with Gasteiger partial charge < -0.3 is 10.1 Å². The highest BCUT2D eigenvalue weighted by Gasteiger charge is 2.28. The summed E-state index contributed by atoms with van der Waals surface area (Å²) < 4.78 is 5.25. The third kappa shape index (κ3) is 2.92. The second-order valence-corrected chi connectivity index (χ2v) is 4.69. The van der Waals surface area contributed by atoms with Crippen molar-refractivity contribution in [1.82, 2.24) is 15.3 Å². The highest BCUT2D eigenvalue weighted by atomic mass is 16.5. The lowest BCUT2D eigenvalue weighted by molar-refractivity contribution is 0.346. The van der Waals surface area contributed by atoms with Crippen LogP contribution in [0.3, 0.4) is 0 Å². The molecule has 0 fully saturated rings. The number of rotatable bonds is 5. The number of hydrogen-bond acceptors (Lipinski definition) is 4. The first kappa shape index (κ1) is 12.9. The zero-order valence-electron chi connectivity index (χ0n) is 10.7. The lowest BCUT2D eigenvalue weighted by Crippen LogP contribution is -2.32. The van der Waals surface area contributed by atoms with Crippen molar-refractivity contribution in [3.8, 4) is 5.88 Å². The number of nitrogens with zero attached hydrogens (tertiary/aromatic N) is 2. The van der Waals surface area contributed by atoms with E-state index in [1.165, 1.54) is 0 Å². The smallest absolute Gasteiger partial charge is 0.235 e. The molecule has 4 heteroatoms. The van der Waals surface area contributed by atoms with Gasteiger partial charge >= 0.3 is 0 Å². The monoisotopic (exact) mass is 223 g/mol. The van der Waals surface area contributed by atoms with Gasteiger partial charge in [-0.3, -0.25) is 4.98 Å². The fourth-order valence-corrected chi connectivity index (χ4v) is 1.90. The first-order valence-electron chi connectivity index (χ1n) is 5.54. The van der Waals surface area contributed by atoms with Gasteiger partial charge in [-0.05, 0) is 20.4 Å². The van der Waals surface area contributed by atoms with Gasteiger partial charge in [0.1, 0.15) is 5.69 Å². The third-order valence-electron chi connectivity index (χ3n) is 2.81. The standard InChI is InChI=1S/C12H21N3O/c1-9(13-4)8-12(2,3)10-11(16-5)15-7-6-14-10/h6-7,9,13H,8H2,1-5H3. The molecule has 1 aromatic rings. The van der Waals surface area contributed by atoms with Crippen molar-refractivity contribution in [3.63, 3.8) is 0 Å². The average Bonchev–Trinajstić information content (AvgIpc) is 2.28. The fraction of sp³-hybridized carbons (Fsp3) is 0.667. The van der Waals surface area contributed by atoms with Crippen LogP contribution in [-0.4, -0.2) is 30.2 Å². The minimum atomic E-state index is -0.0535. The first-order chi connectivity index (χ1) is 7.51. The van der Waals surface area contributed by atoms with E-state index in [0.717, 1.165) is 12.1 Å². The second-order valence-electron chi connectivity index (χ2n) is 4.69. The van der Waals surface area contributed by atoms with E-state index in [4.69, 9.17) is 4.74 Å². The van der Waals surface area contributed by atoms with Crippen LogP contribution in [0.2, 0.25) is 0 Å². The number of ether oxygens (including phenoxy) is 1. The van der Waals surface area contributed by atoms with Crippen LogP contribution in [0.1, 0.15) is 32.9 Å². The molecule has 0 aliphatic rings. The van der Waals surface area contributed by atoms with Crippen molar-refractivity contribution in [2.24, 2.45) is 0 Å². The van der Waals surface area contributed by atoms with Crippen LogP contribution in [-0.2, 0) is 5.41 Å². The first-order valence-corrected chi connectivity index (χ1v) is 5.54. The molecule has 1 rings (SSSR count). The van der Waals surface area contributed by atoms with Crippen LogP contribution in [0.15, 0.2) is 12.4 Å². The fourth-order valence-electron chi connectivity index (χ4n) is 1.90. The molecule has 0 amide bonds. The van der Waals surface area contributed by atoms with Gasteiger partial charge in [-0.25, -0.2) is 4.98 Å². The van der Waals surface area contributed by atoms with Gasteiger partial charge in [0.05, 0.1) is 7.11 Å². The molecule has 0 saturated carbocycles. The molecule has 0 aliphatic carbocycles. The van der Waals surface area contributed by atoms with E-state index in [1.54, 1.807) is 19.5 Å². The molecule has 0 saturated heterocycles. The molecule has 16 heavy (non-hydrogen) atoms. The van der Waals surface area contributed by atoms with Crippen molar-refractivity contribution < 1.29 is 4.74 Å². The summed E-state index contributed by atoms with van der Waals surface area (Å²) in [5, 5.41) is 3.24. The van der Waals surface area contributed by atoms with Crippen LogP contribution in [0.25, 0.3) is 0 Å². The molecular weight excluding hydrogens is 202 g/mol. The summed E-state index contributed by atoms with van der Waals surface area (Å²) in [4.78, 5) is 8.58. The van der Waals surface area contributed by atoms with Gasteiger partial charge in [-0.2, -0.15) is 0 Å². The van der Waals surface area contributed by atoms with E-state index in [0.29, 0.717) is 11.9 Å². The molecule has 0 aliphatic heterocycles. The molecule has 0 aromatic carbocycles. The molecule has 1 N–H and O–H groups in total. The summed E-state index contributed by atoms with van der Waals surface area (Å²) in [6.45, 7) is 6.48.